The lowest BCUT2D eigenvalue weighted by Crippen LogP contribution is -2.47. The summed E-state index contributed by atoms with van der Waals surface area (Å²) in [6, 6.07) is -1.01. The molecule has 0 spiro atoms. The van der Waals surface area contributed by atoms with Crippen molar-refractivity contribution >= 4 is 21.8 Å². The van der Waals surface area contributed by atoms with Crippen molar-refractivity contribution < 1.29 is 28.2 Å². The molecule has 8 nitrogen and oxygen atoms in total. The highest BCUT2D eigenvalue weighted by Gasteiger charge is 2.32. The molecule has 0 radical (unpaired) electrons. The van der Waals surface area contributed by atoms with Gasteiger partial charge in [0.2, 0.25) is 0 Å². The molecule has 2 unspecified atom stereocenters. The smallest absolute Gasteiger partial charge is 0.334 e. The van der Waals surface area contributed by atoms with Gasteiger partial charge in [-0.05, 0) is 6.42 Å². The molecule has 1 fully saturated rings. The second kappa shape index (κ2) is 5.53. The highest BCUT2D eigenvalue weighted by Crippen LogP contribution is 2.16. The molecular formula is C9H16N2O6S. The average molecular weight is 280 g/mol. The fraction of sp³-hybridized carbons (Fsp3) is 0.778. The van der Waals surface area contributed by atoms with Crippen molar-refractivity contribution in [1.29, 1.82) is 0 Å². The van der Waals surface area contributed by atoms with Crippen LogP contribution in [0.3, 0.4) is 0 Å². The van der Waals surface area contributed by atoms with Gasteiger partial charge in [0, 0.05) is 13.1 Å². The summed E-state index contributed by atoms with van der Waals surface area (Å²) in [7, 11) is -1.65. The summed E-state index contributed by atoms with van der Waals surface area (Å²) in [5.74, 6) is -1.47. The number of carbonyl (C=O) groups is 2. The van der Waals surface area contributed by atoms with Crippen LogP contribution in [0.25, 0.3) is 0 Å². The number of carbonyl (C=O) groups excluding carboxylic acids is 1. The topological polar surface area (TPSA) is 124 Å². The quantitative estimate of drug-likeness (QED) is 0.561. The number of urea groups is 1. The number of aliphatic hydroxyl groups excluding tert-OH is 1. The van der Waals surface area contributed by atoms with Gasteiger partial charge in [-0.15, -0.1) is 0 Å². The minimum Gasteiger partial charge on any atom is -0.479 e. The van der Waals surface area contributed by atoms with Crippen molar-refractivity contribution in [2.75, 3.05) is 25.1 Å². The Bertz CT molecular complexity index is 434. The largest absolute Gasteiger partial charge is 0.479 e. The molecule has 1 aliphatic heterocycles. The Kier molecular flexibility index (Phi) is 4.52. The number of carboxylic acids is 1. The number of rotatable bonds is 4. The third-order valence-electron chi connectivity index (χ3n) is 2.81. The number of aliphatic carboxylic acids is 1. The summed E-state index contributed by atoms with van der Waals surface area (Å²) in [4.78, 5) is 23.1. The van der Waals surface area contributed by atoms with Crippen molar-refractivity contribution in [3.63, 3.8) is 0 Å². The van der Waals surface area contributed by atoms with E-state index in [1.807, 2.05) is 0 Å². The second-order valence-electron chi connectivity index (χ2n) is 4.21. The summed E-state index contributed by atoms with van der Waals surface area (Å²) in [6.45, 7) is -0.419. The molecule has 1 heterocycles. The second-order valence-corrected chi connectivity index (χ2v) is 6.44. The van der Waals surface area contributed by atoms with Crippen LogP contribution >= 0.6 is 0 Å². The van der Waals surface area contributed by atoms with Gasteiger partial charge >= 0.3 is 12.0 Å². The van der Waals surface area contributed by atoms with Crippen LogP contribution in [0.1, 0.15) is 6.42 Å². The van der Waals surface area contributed by atoms with E-state index in [1.54, 1.807) is 0 Å². The minimum absolute atomic E-state index is 0.0486. The summed E-state index contributed by atoms with van der Waals surface area (Å²) in [5.41, 5.74) is 0. The molecule has 0 saturated carbocycles. The first-order valence-electron chi connectivity index (χ1n) is 5.35. The number of amides is 2. The zero-order valence-electron chi connectivity index (χ0n) is 9.87. The van der Waals surface area contributed by atoms with Gasteiger partial charge in [-0.3, -0.25) is 0 Å². The average Bonchev–Trinajstić information content (AvgIpc) is 2.64. The van der Waals surface area contributed by atoms with E-state index in [2.05, 4.69) is 5.32 Å². The van der Waals surface area contributed by atoms with Crippen LogP contribution in [0.5, 0.6) is 0 Å². The number of hydrogen-bond acceptors (Lipinski definition) is 5. The SMILES string of the molecule is CN(C(=O)NCC(O)C(=O)O)C1CCS(=O)(=O)C1. The molecule has 0 bridgehead atoms. The van der Waals surface area contributed by atoms with Gasteiger partial charge in [0.1, 0.15) is 0 Å². The van der Waals surface area contributed by atoms with Crippen LogP contribution < -0.4 is 5.32 Å². The molecule has 0 aliphatic carbocycles. The van der Waals surface area contributed by atoms with E-state index in [4.69, 9.17) is 10.2 Å². The van der Waals surface area contributed by atoms with E-state index in [1.165, 1.54) is 11.9 Å². The maximum absolute atomic E-state index is 11.6. The molecule has 2 amide bonds. The van der Waals surface area contributed by atoms with Gasteiger partial charge in [0.05, 0.1) is 18.1 Å². The number of nitrogens with one attached hydrogen (secondary N) is 1. The van der Waals surface area contributed by atoms with Crippen molar-refractivity contribution in [3.05, 3.63) is 0 Å². The van der Waals surface area contributed by atoms with Gasteiger partial charge in [-0.1, -0.05) is 0 Å². The number of hydrogen-bond donors (Lipinski definition) is 3. The van der Waals surface area contributed by atoms with Gasteiger partial charge in [-0.2, -0.15) is 0 Å². The van der Waals surface area contributed by atoms with Crippen molar-refractivity contribution in [3.8, 4) is 0 Å². The van der Waals surface area contributed by atoms with Crippen LogP contribution in [0.2, 0.25) is 0 Å². The Morgan fingerprint density at radius 3 is 2.56 bits per heavy atom. The Labute approximate surface area is 104 Å². The number of carboxylic acid groups (broad SMARTS) is 1. The predicted molar refractivity (Wildman–Crippen MR) is 61.9 cm³/mol. The van der Waals surface area contributed by atoms with Crippen molar-refractivity contribution in [2.45, 2.75) is 18.6 Å². The molecule has 9 heteroatoms. The molecule has 0 aromatic carbocycles. The van der Waals surface area contributed by atoms with Crippen LogP contribution in [0, 0.1) is 0 Å². The Morgan fingerprint density at radius 2 is 2.11 bits per heavy atom. The fourth-order valence-corrected chi connectivity index (χ4v) is 3.42. The molecule has 3 N–H and O–H groups in total. The minimum atomic E-state index is -3.08. The molecule has 104 valence electrons. The molecule has 2 atom stereocenters. The van der Waals surface area contributed by atoms with E-state index in [0.717, 1.165) is 0 Å². The van der Waals surface area contributed by atoms with E-state index < -0.39 is 40.5 Å². The standard InChI is InChI=1S/C9H16N2O6S/c1-11(6-2-3-18(16,17)5-6)9(15)10-4-7(12)8(13)14/h6-7,12H,2-5H2,1H3,(H,10,15)(H,13,14). The molecule has 18 heavy (non-hydrogen) atoms. The Balaban J connectivity index is 2.45. The summed E-state index contributed by atoms with van der Waals surface area (Å²) < 4.78 is 22.5. The molecule has 1 aliphatic rings. The van der Waals surface area contributed by atoms with Crippen LogP contribution in [0.15, 0.2) is 0 Å². The number of aliphatic hydroxyl groups is 1. The van der Waals surface area contributed by atoms with E-state index >= 15 is 0 Å². The first kappa shape index (κ1) is 14.7. The molecule has 0 aromatic heterocycles. The summed E-state index contributed by atoms with van der Waals surface area (Å²) in [5, 5.41) is 19.6. The first-order valence-corrected chi connectivity index (χ1v) is 7.17. The highest BCUT2D eigenvalue weighted by molar-refractivity contribution is 7.91. The number of nitrogens with zero attached hydrogens (tertiary/aromatic N) is 1. The summed E-state index contributed by atoms with van der Waals surface area (Å²) >= 11 is 0. The normalized spacial score (nSPS) is 23.3. The lowest BCUT2D eigenvalue weighted by atomic mass is 10.2. The summed E-state index contributed by atoms with van der Waals surface area (Å²) in [6.07, 6.45) is -1.30. The van der Waals surface area contributed by atoms with Gasteiger partial charge in [0.25, 0.3) is 0 Å². The zero-order valence-corrected chi connectivity index (χ0v) is 10.7. The van der Waals surface area contributed by atoms with Gasteiger partial charge in [0.15, 0.2) is 15.9 Å². The molecule has 0 aromatic rings. The Morgan fingerprint density at radius 1 is 1.50 bits per heavy atom. The number of sulfone groups is 1. The van der Waals surface area contributed by atoms with E-state index in [0.29, 0.717) is 6.42 Å². The Hall–Kier alpha value is -1.35. The van der Waals surface area contributed by atoms with E-state index in [-0.39, 0.29) is 11.5 Å². The van der Waals surface area contributed by atoms with Gasteiger partial charge in [-0.25, -0.2) is 18.0 Å². The molecule has 1 rings (SSSR count). The monoisotopic (exact) mass is 280 g/mol. The van der Waals surface area contributed by atoms with Crippen molar-refractivity contribution in [2.24, 2.45) is 0 Å². The van der Waals surface area contributed by atoms with Crippen LogP contribution in [0.4, 0.5) is 4.79 Å². The van der Waals surface area contributed by atoms with Crippen LogP contribution in [-0.2, 0) is 14.6 Å². The first-order chi connectivity index (χ1) is 8.23. The van der Waals surface area contributed by atoms with Crippen LogP contribution in [-0.4, -0.2) is 72.8 Å². The zero-order chi connectivity index (χ0) is 13.9. The third kappa shape index (κ3) is 3.84. The molecular weight excluding hydrogens is 264 g/mol. The maximum Gasteiger partial charge on any atom is 0.334 e. The maximum atomic E-state index is 11.6. The van der Waals surface area contributed by atoms with Crippen molar-refractivity contribution in [1.82, 2.24) is 10.2 Å². The van der Waals surface area contributed by atoms with E-state index in [9.17, 15) is 18.0 Å². The lowest BCUT2D eigenvalue weighted by Gasteiger charge is -2.23. The predicted octanol–water partition coefficient (Wildman–Crippen LogP) is -1.74. The lowest BCUT2D eigenvalue weighted by molar-refractivity contribution is -0.146. The molecule has 1 saturated heterocycles. The fourth-order valence-electron chi connectivity index (χ4n) is 1.64. The van der Waals surface area contributed by atoms with Gasteiger partial charge < -0.3 is 20.4 Å². The third-order valence-corrected chi connectivity index (χ3v) is 4.56. The highest BCUT2D eigenvalue weighted by atomic mass is 32.2.